The first-order valence-corrected chi connectivity index (χ1v) is 6.18. The van der Waals surface area contributed by atoms with Crippen LogP contribution in [-0.4, -0.2) is 19.2 Å². The minimum absolute atomic E-state index is 0.182. The summed E-state index contributed by atoms with van der Waals surface area (Å²) in [4.78, 5) is 11.5. The molecule has 0 unspecified atom stereocenters. The average Bonchev–Trinajstić information content (AvgIpc) is 2.38. The summed E-state index contributed by atoms with van der Waals surface area (Å²) in [5, 5.41) is 0. The highest BCUT2D eigenvalue weighted by Crippen LogP contribution is 2.23. The van der Waals surface area contributed by atoms with E-state index in [2.05, 4.69) is 21.9 Å². The molecule has 0 amide bonds. The maximum absolute atomic E-state index is 11.5. The summed E-state index contributed by atoms with van der Waals surface area (Å²) in [7, 11) is 0. The van der Waals surface area contributed by atoms with E-state index in [-0.39, 0.29) is 6.61 Å². The van der Waals surface area contributed by atoms with Crippen LogP contribution in [0, 0.1) is 12.3 Å². The zero-order valence-corrected chi connectivity index (χ0v) is 11.6. The normalized spacial score (nSPS) is 10.6. The van der Waals surface area contributed by atoms with E-state index in [4.69, 9.17) is 15.9 Å². The molecule has 0 N–H and O–H groups in total. The van der Waals surface area contributed by atoms with Crippen LogP contribution in [0.4, 0.5) is 0 Å². The summed E-state index contributed by atoms with van der Waals surface area (Å²) >= 11 is 3.17. The van der Waals surface area contributed by atoms with E-state index in [9.17, 15) is 4.79 Å². The zero-order valence-electron chi connectivity index (χ0n) is 9.98. The molecule has 0 aliphatic carbocycles. The lowest BCUT2D eigenvalue weighted by molar-refractivity contribution is -0.137. The third-order valence-corrected chi connectivity index (χ3v) is 2.54. The molecule has 1 aromatic rings. The zero-order chi connectivity index (χ0) is 13.4. The Bertz CT molecular complexity index is 486. The summed E-state index contributed by atoms with van der Waals surface area (Å²) < 4.78 is 10.6. The first-order valence-electron chi connectivity index (χ1n) is 5.38. The molecule has 0 heterocycles. The van der Waals surface area contributed by atoms with Crippen LogP contribution >= 0.6 is 15.9 Å². The van der Waals surface area contributed by atoms with Crippen LogP contribution in [-0.2, 0) is 9.53 Å². The van der Waals surface area contributed by atoms with Crippen molar-refractivity contribution in [3.8, 4) is 18.1 Å². The van der Waals surface area contributed by atoms with Gasteiger partial charge in [0.05, 0.1) is 6.61 Å². The third-order valence-electron chi connectivity index (χ3n) is 1.98. The van der Waals surface area contributed by atoms with E-state index in [1.165, 1.54) is 0 Å². The Kier molecular flexibility index (Phi) is 6.03. The number of rotatable bonds is 5. The molecule has 0 aromatic heterocycles. The quantitative estimate of drug-likeness (QED) is 0.476. The Morgan fingerprint density at radius 3 is 2.89 bits per heavy atom. The molecule has 0 bridgehead atoms. The number of terminal acetylenes is 1. The Labute approximate surface area is 115 Å². The molecule has 0 aliphatic rings. The van der Waals surface area contributed by atoms with Crippen LogP contribution < -0.4 is 4.74 Å². The molecule has 0 spiro atoms. The van der Waals surface area contributed by atoms with Crippen LogP contribution in [0.2, 0.25) is 0 Å². The van der Waals surface area contributed by atoms with Crippen molar-refractivity contribution in [3.63, 3.8) is 0 Å². The van der Waals surface area contributed by atoms with Crippen molar-refractivity contribution >= 4 is 28.0 Å². The first-order chi connectivity index (χ1) is 8.69. The molecule has 1 rings (SSSR count). The van der Waals surface area contributed by atoms with Gasteiger partial charge in [0.2, 0.25) is 0 Å². The highest BCUT2D eigenvalue weighted by Gasteiger charge is 2.08. The average molecular weight is 309 g/mol. The molecule has 0 aliphatic heterocycles. The predicted molar refractivity (Wildman–Crippen MR) is 74.3 cm³/mol. The van der Waals surface area contributed by atoms with Crippen molar-refractivity contribution in [1.29, 1.82) is 0 Å². The fraction of sp³-hybridized carbons (Fsp3) is 0.214. The molecule has 18 heavy (non-hydrogen) atoms. The molecule has 1 aromatic carbocycles. The number of halogens is 1. The number of carbonyl (C=O) groups is 1. The number of carbonyl (C=O) groups excluding carboxylic acids is 1. The van der Waals surface area contributed by atoms with Crippen LogP contribution in [0.1, 0.15) is 12.5 Å². The van der Waals surface area contributed by atoms with Gasteiger partial charge in [0.1, 0.15) is 16.8 Å². The lowest BCUT2D eigenvalue weighted by Gasteiger charge is -2.06. The van der Waals surface area contributed by atoms with Gasteiger partial charge in [-0.25, -0.2) is 4.79 Å². The van der Waals surface area contributed by atoms with E-state index in [1.54, 1.807) is 19.1 Å². The second-order valence-electron chi connectivity index (χ2n) is 3.24. The van der Waals surface area contributed by atoms with Crippen LogP contribution in [0.25, 0.3) is 6.08 Å². The highest BCUT2D eigenvalue weighted by molar-refractivity contribution is 9.12. The number of ether oxygens (including phenoxy) is 2. The molecule has 4 heteroatoms. The van der Waals surface area contributed by atoms with E-state index in [0.29, 0.717) is 16.8 Å². The van der Waals surface area contributed by atoms with Gasteiger partial charge < -0.3 is 9.47 Å². The van der Waals surface area contributed by atoms with Gasteiger partial charge in [-0.2, -0.15) is 0 Å². The van der Waals surface area contributed by atoms with Gasteiger partial charge in [-0.15, -0.1) is 6.42 Å². The van der Waals surface area contributed by atoms with Crippen molar-refractivity contribution < 1.29 is 14.3 Å². The van der Waals surface area contributed by atoms with Gasteiger partial charge in [0, 0.05) is 5.56 Å². The molecule has 0 atom stereocenters. The van der Waals surface area contributed by atoms with E-state index in [0.717, 1.165) is 5.56 Å². The minimum Gasteiger partial charge on any atom is -0.480 e. The third kappa shape index (κ3) is 4.27. The number of para-hydroxylation sites is 1. The molecule has 0 saturated heterocycles. The van der Waals surface area contributed by atoms with Gasteiger partial charge in [0.25, 0.3) is 0 Å². The monoisotopic (exact) mass is 308 g/mol. The highest BCUT2D eigenvalue weighted by atomic mass is 79.9. The Hall–Kier alpha value is -1.73. The SMILES string of the molecule is C#CCOc1ccccc1/C=C(\Br)C(=O)OCC. The smallest absolute Gasteiger partial charge is 0.345 e. The van der Waals surface area contributed by atoms with Gasteiger partial charge in [-0.05, 0) is 35.0 Å². The van der Waals surface area contributed by atoms with Crippen LogP contribution in [0.3, 0.4) is 0 Å². The molecule has 0 radical (unpaired) electrons. The Morgan fingerprint density at radius 2 is 2.22 bits per heavy atom. The number of esters is 1. The fourth-order valence-corrected chi connectivity index (χ4v) is 1.61. The molecule has 3 nitrogen and oxygen atoms in total. The maximum atomic E-state index is 11.5. The summed E-state index contributed by atoms with van der Waals surface area (Å²) in [5.74, 6) is 2.60. The maximum Gasteiger partial charge on any atom is 0.345 e. The Morgan fingerprint density at radius 1 is 1.50 bits per heavy atom. The number of hydrogen-bond acceptors (Lipinski definition) is 3. The molecular formula is C14H13BrO3. The van der Waals surface area contributed by atoms with E-state index in [1.807, 2.05) is 18.2 Å². The molecular weight excluding hydrogens is 296 g/mol. The molecule has 0 fully saturated rings. The van der Waals surface area contributed by atoms with Crippen molar-refractivity contribution in [3.05, 3.63) is 34.3 Å². The minimum atomic E-state index is -0.413. The standard InChI is InChI=1S/C14H13BrO3/c1-3-9-18-13-8-6-5-7-11(13)10-12(15)14(16)17-4-2/h1,5-8,10H,4,9H2,2H3/b12-10-. The summed E-state index contributed by atoms with van der Waals surface area (Å²) in [6.07, 6.45) is 6.78. The number of benzene rings is 1. The van der Waals surface area contributed by atoms with Gasteiger partial charge >= 0.3 is 5.97 Å². The van der Waals surface area contributed by atoms with Gasteiger partial charge in [-0.3, -0.25) is 0 Å². The van der Waals surface area contributed by atoms with E-state index < -0.39 is 5.97 Å². The molecule has 94 valence electrons. The van der Waals surface area contributed by atoms with Crippen molar-refractivity contribution in [2.75, 3.05) is 13.2 Å². The van der Waals surface area contributed by atoms with E-state index >= 15 is 0 Å². The summed E-state index contributed by atoms with van der Waals surface area (Å²) in [5.41, 5.74) is 0.757. The van der Waals surface area contributed by atoms with Crippen LogP contribution in [0.15, 0.2) is 28.7 Å². The molecule has 0 saturated carbocycles. The largest absolute Gasteiger partial charge is 0.480 e. The lowest BCUT2D eigenvalue weighted by Crippen LogP contribution is -2.03. The fourth-order valence-electron chi connectivity index (χ4n) is 1.25. The number of hydrogen-bond donors (Lipinski definition) is 0. The van der Waals surface area contributed by atoms with Gasteiger partial charge in [0.15, 0.2) is 0 Å². The van der Waals surface area contributed by atoms with Crippen LogP contribution in [0.5, 0.6) is 5.75 Å². The lowest BCUT2D eigenvalue weighted by atomic mass is 10.2. The predicted octanol–water partition coefficient (Wildman–Crippen LogP) is 3.00. The Balaban J connectivity index is 2.92. The second-order valence-corrected chi connectivity index (χ2v) is 4.10. The van der Waals surface area contributed by atoms with Crippen molar-refractivity contribution in [2.24, 2.45) is 0 Å². The summed E-state index contributed by atoms with van der Waals surface area (Å²) in [6, 6.07) is 7.29. The summed E-state index contributed by atoms with van der Waals surface area (Å²) in [6.45, 7) is 2.26. The second kappa shape index (κ2) is 7.57. The topological polar surface area (TPSA) is 35.5 Å². The first kappa shape index (κ1) is 14.3. The van der Waals surface area contributed by atoms with Crippen molar-refractivity contribution in [1.82, 2.24) is 0 Å². The van der Waals surface area contributed by atoms with Gasteiger partial charge in [-0.1, -0.05) is 24.1 Å². The van der Waals surface area contributed by atoms with Crippen molar-refractivity contribution in [2.45, 2.75) is 6.92 Å².